The fraction of sp³-hybridized carbons (Fsp3) is 0.500. The van der Waals surface area contributed by atoms with Gasteiger partial charge in [0.15, 0.2) is 6.67 Å². The fourth-order valence-electron chi connectivity index (χ4n) is 3.20. The largest absolute Gasteiger partial charge is 0.419 e. The lowest BCUT2D eigenvalue weighted by Crippen LogP contribution is -3.16. The zero-order valence-corrected chi connectivity index (χ0v) is 14.7. The first-order chi connectivity index (χ1) is 12.7. The number of imide groups is 2. The lowest BCUT2D eigenvalue weighted by Gasteiger charge is -2.30. The van der Waals surface area contributed by atoms with Gasteiger partial charge in [-0.25, -0.2) is 14.7 Å². The lowest BCUT2D eigenvalue weighted by molar-refractivity contribution is -0.908. The summed E-state index contributed by atoms with van der Waals surface area (Å²) in [5.74, 6) is -1.05. The SMILES string of the molecule is CCN1C(=O)C(=O)N(C[NH+]2CCN(c3ccc(C(F)(F)F)c[nH+]3)CC2)C1=O. The minimum atomic E-state index is -4.39. The highest BCUT2D eigenvalue weighted by Crippen LogP contribution is 2.28. The first kappa shape index (κ1) is 19.1. The summed E-state index contributed by atoms with van der Waals surface area (Å²) < 4.78 is 37.9. The number of anilines is 1. The molecule has 0 radical (unpaired) electrons. The number of pyridine rings is 1. The number of likely N-dealkylation sites (N-methyl/N-ethyl adjacent to an activating group) is 1. The summed E-state index contributed by atoms with van der Waals surface area (Å²) in [4.78, 5) is 43.2. The van der Waals surface area contributed by atoms with Crippen LogP contribution in [0.15, 0.2) is 18.3 Å². The van der Waals surface area contributed by atoms with Gasteiger partial charge < -0.3 is 4.90 Å². The Morgan fingerprint density at radius 3 is 2.19 bits per heavy atom. The van der Waals surface area contributed by atoms with Crippen LogP contribution in [0.2, 0.25) is 0 Å². The van der Waals surface area contributed by atoms with Gasteiger partial charge in [-0.3, -0.25) is 19.4 Å². The van der Waals surface area contributed by atoms with E-state index in [1.807, 2.05) is 4.90 Å². The number of aromatic amines is 1. The molecule has 3 rings (SSSR count). The number of halogens is 3. The van der Waals surface area contributed by atoms with Gasteiger partial charge in [0.2, 0.25) is 0 Å². The lowest BCUT2D eigenvalue weighted by atomic mass is 10.2. The molecule has 146 valence electrons. The summed E-state index contributed by atoms with van der Waals surface area (Å²) in [7, 11) is 0. The Bertz CT molecular complexity index is 745. The van der Waals surface area contributed by atoms with Crippen molar-refractivity contribution in [2.24, 2.45) is 0 Å². The Labute approximate surface area is 153 Å². The first-order valence-corrected chi connectivity index (χ1v) is 8.57. The number of hydrogen-bond acceptors (Lipinski definition) is 4. The summed E-state index contributed by atoms with van der Waals surface area (Å²) in [5, 5.41) is 0. The van der Waals surface area contributed by atoms with Gasteiger partial charge in [0.25, 0.3) is 5.82 Å². The van der Waals surface area contributed by atoms with Gasteiger partial charge in [-0.05, 0) is 13.0 Å². The number of H-pyrrole nitrogens is 1. The molecule has 0 aliphatic carbocycles. The van der Waals surface area contributed by atoms with Gasteiger partial charge in [0.05, 0.1) is 5.56 Å². The molecule has 2 saturated heterocycles. The van der Waals surface area contributed by atoms with E-state index in [9.17, 15) is 27.6 Å². The zero-order chi connectivity index (χ0) is 19.8. The molecule has 1 aromatic heterocycles. The standard InChI is InChI=1S/C16H18F3N5O3/c1-2-23-13(25)14(26)24(15(23)27)10-21-5-7-22(8-6-21)12-4-3-11(9-20-12)16(17,18)19/h3-4,9H,2,5-8,10H2,1H3/p+2. The van der Waals surface area contributed by atoms with E-state index in [1.165, 1.54) is 6.07 Å². The molecule has 11 heteroatoms. The van der Waals surface area contributed by atoms with Crippen LogP contribution in [0.1, 0.15) is 12.5 Å². The molecule has 0 saturated carbocycles. The van der Waals surface area contributed by atoms with Crippen LogP contribution >= 0.6 is 0 Å². The number of nitrogens with one attached hydrogen (secondary N) is 2. The molecule has 0 unspecified atom stereocenters. The van der Waals surface area contributed by atoms with E-state index in [1.54, 1.807) is 6.92 Å². The van der Waals surface area contributed by atoms with Crippen LogP contribution < -0.4 is 14.8 Å². The van der Waals surface area contributed by atoms with E-state index in [2.05, 4.69) is 4.98 Å². The molecule has 0 spiro atoms. The summed E-state index contributed by atoms with van der Waals surface area (Å²) in [6.07, 6.45) is -3.46. The Morgan fingerprint density at radius 1 is 1.07 bits per heavy atom. The number of aromatic nitrogens is 1. The highest BCUT2D eigenvalue weighted by Gasteiger charge is 2.45. The van der Waals surface area contributed by atoms with Gasteiger partial charge in [-0.2, -0.15) is 13.2 Å². The third-order valence-electron chi connectivity index (χ3n) is 4.77. The minimum Gasteiger partial charge on any atom is -0.311 e. The Hall–Kier alpha value is -2.69. The molecule has 0 bridgehead atoms. The van der Waals surface area contributed by atoms with Gasteiger partial charge >= 0.3 is 24.0 Å². The van der Waals surface area contributed by atoms with Crippen molar-refractivity contribution in [3.05, 3.63) is 23.9 Å². The number of carbonyl (C=O) groups is 3. The van der Waals surface area contributed by atoms with Crippen molar-refractivity contribution < 1.29 is 37.4 Å². The number of amides is 4. The number of alkyl halides is 3. The van der Waals surface area contributed by atoms with Crippen molar-refractivity contribution in [1.82, 2.24) is 9.80 Å². The number of quaternary nitrogens is 1. The minimum absolute atomic E-state index is 0.102. The summed E-state index contributed by atoms with van der Waals surface area (Å²) in [6, 6.07) is 1.81. The third kappa shape index (κ3) is 3.72. The average molecular weight is 387 g/mol. The van der Waals surface area contributed by atoms with E-state index in [0.29, 0.717) is 32.0 Å². The predicted molar refractivity (Wildman–Crippen MR) is 85.4 cm³/mol. The molecule has 0 atom stereocenters. The Balaban J connectivity index is 1.57. The van der Waals surface area contributed by atoms with Gasteiger partial charge in [-0.1, -0.05) is 0 Å². The molecule has 2 fully saturated rings. The molecule has 2 aliphatic heterocycles. The van der Waals surface area contributed by atoms with Crippen molar-refractivity contribution in [2.45, 2.75) is 13.1 Å². The molecule has 1 aromatic rings. The van der Waals surface area contributed by atoms with E-state index in [-0.39, 0.29) is 13.2 Å². The first-order valence-electron chi connectivity index (χ1n) is 8.57. The summed E-state index contributed by atoms with van der Waals surface area (Å²) >= 11 is 0. The molecule has 0 aromatic carbocycles. The highest BCUT2D eigenvalue weighted by atomic mass is 19.4. The van der Waals surface area contributed by atoms with Gasteiger partial charge in [0, 0.05) is 12.6 Å². The Morgan fingerprint density at radius 2 is 1.70 bits per heavy atom. The van der Waals surface area contributed by atoms with Crippen molar-refractivity contribution in [3.63, 3.8) is 0 Å². The number of rotatable bonds is 4. The molecular formula is C16H20F3N5O3+2. The smallest absolute Gasteiger partial charge is 0.311 e. The maximum Gasteiger partial charge on any atom is 0.419 e. The second kappa shape index (κ2) is 7.14. The predicted octanol–water partition coefficient (Wildman–Crippen LogP) is -1.01. The van der Waals surface area contributed by atoms with E-state index in [4.69, 9.17) is 0 Å². The average Bonchev–Trinajstić information content (AvgIpc) is 2.85. The fourth-order valence-corrected chi connectivity index (χ4v) is 3.20. The third-order valence-corrected chi connectivity index (χ3v) is 4.77. The van der Waals surface area contributed by atoms with Gasteiger partial charge in [0.1, 0.15) is 32.4 Å². The van der Waals surface area contributed by atoms with Crippen molar-refractivity contribution in [2.75, 3.05) is 44.3 Å². The van der Waals surface area contributed by atoms with Crippen LogP contribution in [0, 0.1) is 0 Å². The second-order valence-electron chi connectivity index (χ2n) is 6.42. The number of nitrogens with zero attached hydrogens (tertiary/aromatic N) is 3. The number of carbonyl (C=O) groups excluding carboxylic acids is 3. The van der Waals surface area contributed by atoms with Crippen LogP contribution in [-0.2, 0) is 15.8 Å². The quantitative estimate of drug-likeness (QED) is 0.531. The molecule has 4 amide bonds. The second-order valence-corrected chi connectivity index (χ2v) is 6.42. The van der Waals surface area contributed by atoms with Gasteiger partial charge in [-0.15, -0.1) is 0 Å². The molecule has 2 N–H and O–H groups in total. The highest BCUT2D eigenvalue weighted by molar-refractivity contribution is 6.44. The van der Waals surface area contributed by atoms with Crippen LogP contribution in [0.25, 0.3) is 0 Å². The van der Waals surface area contributed by atoms with Crippen LogP contribution in [0.3, 0.4) is 0 Å². The maximum absolute atomic E-state index is 12.6. The van der Waals surface area contributed by atoms with Crippen molar-refractivity contribution in [1.29, 1.82) is 0 Å². The summed E-state index contributed by atoms with van der Waals surface area (Å²) in [5.41, 5.74) is -0.744. The number of urea groups is 1. The maximum atomic E-state index is 12.6. The molecule has 2 aliphatic rings. The molecular weight excluding hydrogens is 367 g/mol. The van der Waals surface area contributed by atoms with Crippen molar-refractivity contribution in [3.8, 4) is 0 Å². The van der Waals surface area contributed by atoms with E-state index < -0.39 is 29.6 Å². The van der Waals surface area contributed by atoms with E-state index >= 15 is 0 Å². The molecule has 27 heavy (non-hydrogen) atoms. The molecule has 3 heterocycles. The number of hydrogen-bond donors (Lipinski definition) is 1. The topological polar surface area (TPSA) is 79.5 Å². The summed E-state index contributed by atoms with van der Waals surface area (Å²) in [6.45, 7) is 4.10. The monoisotopic (exact) mass is 387 g/mol. The molecule has 8 nitrogen and oxygen atoms in total. The normalized spacial score (nSPS) is 19.4. The zero-order valence-electron chi connectivity index (χ0n) is 14.7. The van der Waals surface area contributed by atoms with Crippen LogP contribution in [0.5, 0.6) is 0 Å². The van der Waals surface area contributed by atoms with Crippen LogP contribution in [0.4, 0.5) is 23.8 Å². The Kier molecular flexibility index (Phi) is 5.05. The van der Waals surface area contributed by atoms with E-state index in [0.717, 1.165) is 27.0 Å². The van der Waals surface area contributed by atoms with Crippen molar-refractivity contribution >= 4 is 23.7 Å². The number of piperazine rings is 1. The van der Waals surface area contributed by atoms with Crippen LogP contribution in [-0.4, -0.2) is 67.0 Å².